The van der Waals surface area contributed by atoms with Crippen LogP contribution in [0.3, 0.4) is 0 Å². The van der Waals surface area contributed by atoms with Gasteiger partial charge in [-0.05, 0) is 18.6 Å². The Balaban J connectivity index is 0.00000144. The van der Waals surface area contributed by atoms with E-state index in [1.165, 1.54) is 0 Å². The molecule has 0 radical (unpaired) electrons. The molecule has 0 aromatic heterocycles. The lowest BCUT2D eigenvalue weighted by Gasteiger charge is -2.27. The number of nitrogens with one attached hydrogen (secondary N) is 1. The van der Waals surface area contributed by atoms with Crippen molar-refractivity contribution in [3.05, 3.63) is 29.8 Å². The first-order chi connectivity index (χ1) is 7.62. The number of sulfonamides is 1. The summed E-state index contributed by atoms with van der Waals surface area (Å²) in [6, 6.07) is 7.12. The van der Waals surface area contributed by atoms with E-state index in [1.807, 2.05) is 19.1 Å². The fourth-order valence-corrected chi connectivity index (χ4v) is 3.54. The summed E-state index contributed by atoms with van der Waals surface area (Å²) in [5, 5.41) is 3.15. The number of halogens is 1. The molecule has 0 saturated carbocycles. The highest BCUT2D eigenvalue weighted by Crippen LogP contribution is 2.19. The highest BCUT2D eigenvalue weighted by Gasteiger charge is 2.26. The van der Waals surface area contributed by atoms with Gasteiger partial charge in [0.1, 0.15) is 0 Å². The zero-order valence-corrected chi connectivity index (χ0v) is 11.4. The molecule has 1 aromatic carbocycles. The second-order valence-corrected chi connectivity index (χ2v) is 5.83. The molecule has 1 N–H and O–H groups in total. The van der Waals surface area contributed by atoms with E-state index in [1.54, 1.807) is 16.4 Å². The van der Waals surface area contributed by atoms with Crippen molar-refractivity contribution in [1.29, 1.82) is 0 Å². The minimum absolute atomic E-state index is 0. The van der Waals surface area contributed by atoms with Crippen molar-refractivity contribution in [1.82, 2.24) is 9.62 Å². The molecule has 1 aromatic rings. The highest BCUT2D eigenvalue weighted by atomic mass is 35.5. The summed E-state index contributed by atoms with van der Waals surface area (Å²) in [5.41, 5.74) is 0.807. The molecule has 0 bridgehead atoms. The zero-order valence-electron chi connectivity index (χ0n) is 9.72. The first-order valence-corrected chi connectivity index (χ1v) is 6.83. The standard InChI is InChI=1S/C11H16N2O2S.ClH/c1-10-4-2-3-5-11(10)16(14,15)13-8-6-12-7-9-13;/h2-5,12H,6-9H2,1H3;1H. The van der Waals surface area contributed by atoms with E-state index < -0.39 is 10.0 Å². The van der Waals surface area contributed by atoms with Gasteiger partial charge in [-0.3, -0.25) is 0 Å². The van der Waals surface area contributed by atoms with Crippen LogP contribution in [-0.4, -0.2) is 38.9 Å². The molecule has 0 amide bonds. The van der Waals surface area contributed by atoms with E-state index in [4.69, 9.17) is 0 Å². The number of benzene rings is 1. The molecule has 2 rings (SSSR count). The molecular weight excluding hydrogens is 260 g/mol. The van der Waals surface area contributed by atoms with E-state index in [2.05, 4.69) is 5.32 Å². The lowest BCUT2D eigenvalue weighted by atomic mass is 10.2. The van der Waals surface area contributed by atoms with Gasteiger partial charge in [0, 0.05) is 26.2 Å². The third-order valence-corrected chi connectivity index (χ3v) is 4.85. The number of nitrogens with zero attached hydrogens (tertiary/aromatic N) is 1. The molecule has 0 atom stereocenters. The number of hydrogen-bond acceptors (Lipinski definition) is 3. The van der Waals surface area contributed by atoms with E-state index in [-0.39, 0.29) is 12.4 Å². The van der Waals surface area contributed by atoms with E-state index >= 15 is 0 Å². The van der Waals surface area contributed by atoms with Crippen LogP contribution >= 0.6 is 12.4 Å². The van der Waals surface area contributed by atoms with Crippen LogP contribution in [0.5, 0.6) is 0 Å². The first-order valence-electron chi connectivity index (χ1n) is 5.39. The van der Waals surface area contributed by atoms with E-state index in [0.717, 1.165) is 18.7 Å². The van der Waals surface area contributed by atoms with Crippen molar-refractivity contribution in [3.8, 4) is 0 Å². The predicted molar refractivity (Wildman–Crippen MR) is 70.1 cm³/mol. The Kier molecular flexibility index (Phi) is 4.94. The average Bonchev–Trinajstić information content (AvgIpc) is 2.30. The van der Waals surface area contributed by atoms with Crippen LogP contribution in [0.15, 0.2) is 29.2 Å². The van der Waals surface area contributed by atoms with Crippen molar-refractivity contribution in [2.45, 2.75) is 11.8 Å². The Morgan fingerprint density at radius 1 is 1.18 bits per heavy atom. The third kappa shape index (κ3) is 2.98. The minimum atomic E-state index is -3.30. The number of piperazine rings is 1. The maximum Gasteiger partial charge on any atom is 0.243 e. The first kappa shape index (κ1) is 14.4. The van der Waals surface area contributed by atoms with Crippen molar-refractivity contribution in [3.63, 3.8) is 0 Å². The largest absolute Gasteiger partial charge is 0.314 e. The van der Waals surface area contributed by atoms with Crippen molar-refractivity contribution < 1.29 is 8.42 Å². The average molecular weight is 277 g/mol. The smallest absolute Gasteiger partial charge is 0.243 e. The van der Waals surface area contributed by atoms with Crippen LogP contribution in [-0.2, 0) is 10.0 Å². The minimum Gasteiger partial charge on any atom is -0.314 e. The van der Waals surface area contributed by atoms with Crippen molar-refractivity contribution in [2.24, 2.45) is 0 Å². The summed E-state index contributed by atoms with van der Waals surface area (Å²) < 4.78 is 26.2. The normalized spacial score (nSPS) is 17.5. The summed E-state index contributed by atoms with van der Waals surface area (Å²) in [4.78, 5) is 0.428. The third-order valence-electron chi connectivity index (χ3n) is 2.79. The summed E-state index contributed by atoms with van der Waals surface area (Å²) >= 11 is 0. The summed E-state index contributed by atoms with van der Waals surface area (Å²) in [5.74, 6) is 0. The van der Waals surface area contributed by atoms with Gasteiger partial charge in [-0.25, -0.2) is 8.42 Å². The summed E-state index contributed by atoms with van der Waals surface area (Å²) in [6.07, 6.45) is 0. The fraction of sp³-hybridized carbons (Fsp3) is 0.455. The summed E-state index contributed by atoms with van der Waals surface area (Å²) in [6.45, 7) is 4.39. The van der Waals surface area contributed by atoms with Crippen LogP contribution in [0.2, 0.25) is 0 Å². The van der Waals surface area contributed by atoms with E-state index in [9.17, 15) is 8.42 Å². The topological polar surface area (TPSA) is 49.4 Å². The molecule has 96 valence electrons. The lowest BCUT2D eigenvalue weighted by Crippen LogP contribution is -2.46. The van der Waals surface area contributed by atoms with Gasteiger partial charge in [0.25, 0.3) is 0 Å². The lowest BCUT2D eigenvalue weighted by molar-refractivity contribution is 0.360. The predicted octanol–water partition coefficient (Wildman–Crippen LogP) is 1.01. The molecule has 1 aliphatic rings. The molecule has 1 aliphatic heterocycles. The van der Waals surface area contributed by atoms with Gasteiger partial charge in [0.05, 0.1) is 4.90 Å². The van der Waals surface area contributed by atoms with Gasteiger partial charge in [-0.1, -0.05) is 18.2 Å². The molecule has 6 heteroatoms. The van der Waals surface area contributed by atoms with Gasteiger partial charge in [-0.15, -0.1) is 12.4 Å². The maximum absolute atomic E-state index is 12.3. The molecule has 0 unspecified atom stereocenters. The second-order valence-electron chi connectivity index (χ2n) is 3.92. The zero-order chi connectivity index (χ0) is 11.6. The number of aryl methyl sites for hydroxylation is 1. The quantitative estimate of drug-likeness (QED) is 0.877. The second kappa shape index (κ2) is 5.82. The summed E-state index contributed by atoms with van der Waals surface area (Å²) in [7, 11) is -3.30. The maximum atomic E-state index is 12.3. The Morgan fingerprint density at radius 3 is 2.35 bits per heavy atom. The molecule has 1 fully saturated rings. The Hall–Kier alpha value is -0.620. The molecule has 1 saturated heterocycles. The van der Waals surface area contributed by atoms with Crippen LogP contribution in [0.1, 0.15) is 5.56 Å². The van der Waals surface area contributed by atoms with Crippen LogP contribution < -0.4 is 5.32 Å². The fourth-order valence-electron chi connectivity index (χ4n) is 1.87. The van der Waals surface area contributed by atoms with Crippen molar-refractivity contribution >= 4 is 22.4 Å². The van der Waals surface area contributed by atoms with Gasteiger partial charge in [0.15, 0.2) is 0 Å². The number of rotatable bonds is 2. The van der Waals surface area contributed by atoms with Crippen LogP contribution in [0.25, 0.3) is 0 Å². The number of hydrogen-bond donors (Lipinski definition) is 1. The highest BCUT2D eigenvalue weighted by molar-refractivity contribution is 7.89. The Labute approximate surface area is 108 Å². The monoisotopic (exact) mass is 276 g/mol. The van der Waals surface area contributed by atoms with Crippen LogP contribution in [0, 0.1) is 6.92 Å². The van der Waals surface area contributed by atoms with E-state index in [0.29, 0.717) is 18.0 Å². The Bertz CT molecular complexity index is 470. The molecule has 4 nitrogen and oxygen atoms in total. The SMILES string of the molecule is Cc1ccccc1S(=O)(=O)N1CCNCC1.Cl. The van der Waals surface area contributed by atoms with Gasteiger partial charge >= 0.3 is 0 Å². The molecule has 0 aliphatic carbocycles. The van der Waals surface area contributed by atoms with Crippen molar-refractivity contribution in [2.75, 3.05) is 26.2 Å². The van der Waals surface area contributed by atoms with Gasteiger partial charge < -0.3 is 5.32 Å². The molecule has 1 heterocycles. The molecule has 0 spiro atoms. The van der Waals surface area contributed by atoms with Gasteiger partial charge in [-0.2, -0.15) is 4.31 Å². The van der Waals surface area contributed by atoms with Crippen LogP contribution in [0.4, 0.5) is 0 Å². The van der Waals surface area contributed by atoms with Gasteiger partial charge in [0.2, 0.25) is 10.0 Å². The molecular formula is C11H17ClN2O2S. The Morgan fingerprint density at radius 2 is 1.76 bits per heavy atom. The molecule has 17 heavy (non-hydrogen) atoms.